The lowest BCUT2D eigenvalue weighted by Crippen LogP contribution is -2.44. The minimum atomic E-state index is -4.06. The van der Waals surface area contributed by atoms with Crippen molar-refractivity contribution in [2.24, 2.45) is 5.92 Å². The second kappa shape index (κ2) is 8.45. The Balaban J connectivity index is 1.70. The molecule has 1 saturated carbocycles. The van der Waals surface area contributed by atoms with Gasteiger partial charge in [-0.15, -0.1) is 0 Å². The van der Waals surface area contributed by atoms with Crippen molar-refractivity contribution in [1.29, 1.82) is 0 Å². The van der Waals surface area contributed by atoms with Crippen molar-refractivity contribution in [1.82, 2.24) is 14.1 Å². The van der Waals surface area contributed by atoms with Gasteiger partial charge >= 0.3 is 0 Å². The molecule has 7 nitrogen and oxygen atoms in total. The lowest BCUT2D eigenvalue weighted by molar-refractivity contribution is 0.206. The average molecular weight is 488 g/mol. The number of benzene rings is 2. The quantitative estimate of drug-likeness (QED) is 0.598. The van der Waals surface area contributed by atoms with Gasteiger partial charge in [-0.1, -0.05) is 49.2 Å². The number of hydrogen-bond acceptors (Lipinski definition) is 6. The first-order valence-electron chi connectivity index (χ1n) is 11.4. The molecule has 0 bridgehead atoms. The van der Waals surface area contributed by atoms with Crippen LogP contribution in [0.1, 0.15) is 24.8 Å². The number of fused-ring (bicyclic) bond motifs is 1. The Labute approximate surface area is 196 Å². The van der Waals surface area contributed by atoms with Gasteiger partial charge in [0.25, 0.3) is 10.0 Å². The van der Waals surface area contributed by atoms with Gasteiger partial charge in [0.1, 0.15) is 0 Å². The molecule has 0 N–H and O–H groups in total. The highest BCUT2D eigenvalue weighted by Gasteiger charge is 2.45. The smallest absolute Gasteiger partial charge is 0.264 e. The largest absolute Gasteiger partial charge is 0.366 e. The summed E-state index contributed by atoms with van der Waals surface area (Å²) in [5, 5.41) is -0.0854. The molecule has 0 unspecified atom stereocenters. The van der Waals surface area contributed by atoms with Crippen LogP contribution < -0.4 is 0 Å². The molecule has 2 heterocycles. The zero-order valence-corrected chi connectivity index (χ0v) is 20.4. The first-order chi connectivity index (χ1) is 15.8. The maximum Gasteiger partial charge on any atom is 0.264 e. The van der Waals surface area contributed by atoms with Gasteiger partial charge in [0.2, 0.25) is 9.84 Å². The zero-order valence-electron chi connectivity index (χ0n) is 18.7. The number of hydrogen-bond donors (Lipinski definition) is 0. The van der Waals surface area contributed by atoms with Crippen molar-refractivity contribution < 1.29 is 16.8 Å². The minimum absolute atomic E-state index is 0.0854. The van der Waals surface area contributed by atoms with Crippen LogP contribution >= 0.6 is 0 Å². The summed E-state index contributed by atoms with van der Waals surface area (Å²) >= 11 is 0. The highest BCUT2D eigenvalue weighted by molar-refractivity contribution is 7.97. The Morgan fingerprint density at radius 2 is 1.58 bits per heavy atom. The molecule has 33 heavy (non-hydrogen) atoms. The summed E-state index contributed by atoms with van der Waals surface area (Å²) in [7, 11) is -6.03. The van der Waals surface area contributed by atoms with Gasteiger partial charge in [0.05, 0.1) is 15.5 Å². The van der Waals surface area contributed by atoms with Crippen LogP contribution in [0.4, 0.5) is 0 Å². The molecule has 0 aromatic heterocycles. The van der Waals surface area contributed by atoms with Crippen molar-refractivity contribution in [2.45, 2.75) is 29.1 Å². The maximum absolute atomic E-state index is 13.9. The lowest BCUT2D eigenvalue weighted by Gasteiger charge is -2.36. The van der Waals surface area contributed by atoms with Crippen molar-refractivity contribution in [3.63, 3.8) is 0 Å². The zero-order chi connectivity index (χ0) is 23.2. The number of nitrogens with zero attached hydrogens (tertiary/aromatic N) is 3. The lowest BCUT2D eigenvalue weighted by atomic mass is 10.1. The normalized spacial score (nSPS) is 20.7. The number of sulfone groups is 1. The van der Waals surface area contributed by atoms with Gasteiger partial charge < -0.3 is 9.80 Å². The van der Waals surface area contributed by atoms with Crippen LogP contribution in [0.15, 0.2) is 69.4 Å². The Bertz CT molecular complexity index is 1280. The van der Waals surface area contributed by atoms with Gasteiger partial charge in [-0.3, -0.25) is 4.31 Å². The Morgan fingerprint density at radius 1 is 0.939 bits per heavy atom. The van der Waals surface area contributed by atoms with E-state index in [9.17, 15) is 16.8 Å². The molecule has 5 rings (SSSR count). The molecule has 9 heteroatoms. The van der Waals surface area contributed by atoms with Gasteiger partial charge in [-0.25, -0.2) is 16.8 Å². The summed E-state index contributed by atoms with van der Waals surface area (Å²) in [5.74, 6) is 0.456. The van der Waals surface area contributed by atoms with E-state index in [4.69, 9.17) is 0 Å². The molecule has 0 atom stereocenters. The average Bonchev–Trinajstić information content (AvgIpc) is 3.61. The van der Waals surface area contributed by atoms with Crippen molar-refractivity contribution in [3.8, 4) is 0 Å². The topological polar surface area (TPSA) is 78.0 Å². The fourth-order valence-electron chi connectivity index (χ4n) is 4.59. The first kappa shape index (κ1) is 22.4. The summed E-state index contributed by atoms with van der Waals surface area (Å²) in [4.78, 5) is 4.53. The van der Waals surface area contributed by atoms with Crippen LogP contribution in [-0.2, 0) is 19.9 Å². The van der Waals surface area contributed by atoms with E-state index in [1.165, 1.54) is 16.4 Å². The fraction of sp³-hybridized carbons (Fsp3) is 0.417. The number of sulfonamides is 1. The van der Waals surface area contributed by atoms with Crippen LogP contribution in [0.25, 0.3) is 5.70 Å². The fourth-order valence-corrected chi connectivity index (χ4v) is 8.36. The predicted molar refractivity (Wildman–Crippen MR) is 127 cm³/mol. The standard InChI is InChI=1S/C24H29N3O4S2/c1-25-15-17-26(18-16-25)23-21-9-5-6-10-22(21)32(28,29)24(23)27(14-13-19-11-12-19)33(30,31)20-7-3-2-4-8-20/h2-10,19H,11-18H2,1H3. The number of likely N-dealkylation sites (N-methyl/N-ethyl adjacent to an activating group) is 1. The number of piperazine rings is 1. The van der Waals surface area contributed by atoms with E-state index in [-0.39, 0.29) is 21.4 Å². The summed E-state index contributed by atoms with van der Waals surface area (Å²) in [5.41, 5.74) is 1.12. The third kappa shape index (κ3) is 4.06. The van der Waals surface area contributed by atoms with E-state index in [2.05, 4.69) is 4.90 Å². The molecule has 0 amide bonds. The molecule has 0 radical (unpaired) electrons. The van der Waals surface area contributed by atoms with Crippen LogP contribution in [0, 0.1) is 5.92 Å². The summed E-state index contributed by atoms with van der Waals surface area (Å²) < 4.78 is 56.7. The monoisotopic (exact) mass is 487 g/mol. The molecule has 2 aliphatic heterocycles. The summed E-state index contributed by atoms with van der Waals surface area (Å²) in [6, 6.07) is 15.0. The Hall–Kier alpha value is -2.36. The third-order valence-electron chi connectivity index (χ3n) is 6.70. The van der Waals surface area contributed by atoms with Gasteiger partial charge in [0, 0.05) is 38.3 Å². The van der Waals surface area contributed by atoms with Crippen molar-refractivity contribution >= 4 is 25.6 Å². The van der Waals surface area contributed by atoms with Crippen LogP contribution in [-0.4, -0.2) is 70.7 Å². The minimum Gasteiger partial charge on any atom is -0.366 e. The maximum atomic E-state index is 13.9. The molecule has 0 spiro atoms. The Morgan fingerprint density at radius 3 is 2.24 bits per heavy atom. The van der Waals surface area contributed by atoms with Gasteiger partial charge in [0.15, 0.2) is 5.03 Å². The van der Waals surface area contributed by atoms with E-state index in [0.29, 0.717) is 36.7 Å². The third-order valence-corrected chi connectivity index (χ3v) is 10.5. The predicted octanol–water partition coefficient (Wildman–Crippen LogP) is 2.84. The highest BCUT2D eigenvalue weighted by Crippen LogP contribution is 2.45. The molecule has 2 fully saturated rings. The van der Waals surface area contributed by atoms with Crippen LogP contribution in [0.3, 0.4) is 0 Å². The molecule has 2 aromatic rings. The molecule has 1 aliphatic carbocycles. The van der Waals surface area contributed by atoms with E-state index in [0.717, 1.165) is 25.9 Å². The van der Waals surface area contributed by atoms with Gasteiger partial charge in [-0.05, 0) is 37.6 Å². The molecular weight excluding hydrogens is 458 g/mol. The molecule has 176 valence electrons. The number of rotatable bonds is 7. The van der Waals surface area contributed by atoms with E-state index < -0.39 is 19.9 Å². The molecule has 2 aromatic carbocycles. The second-order valence-electron chi connectivity index (χ2n) is 9.07. The van der Waals surface area contributed by atoms with E-state index in [1.54, 1.807) is 36.4 Å². The molecule has 3 aliphatic rings. The van der Waals surface area contributed by atoms with Crippen LogP contribution in [0.2, 0.25) is 0 Å². The van der Waals surface area contributed by atoms with E-state index >= 15 is 0 Å². The summed E-state index contributed by atoms with van der Waals surface area (Å²) in [6.45, 7) is 3.00. The first-order valence-corrected chi connectivity index (χ1v) is 14.3. The van der Waals surface area contributed by atoms with Crippen molar-refractivity contribution in [3.05, 3.63) is 65.2 Å². The van der Waals surface area contributed by atoms with Crippen molar-refractivity contribution in [2.75, 3.05) is 39.8 Å². The van der Waals surface area contributed by atoms with E-state index in [1.807, 2.05) is 18.0 Å². The molecular formula is C24H29N3O4S2. The summed E-state index contributed by atoms with van der Waals surface area (Å²) in [6.07, 6.45) is 2.78. The van der Waals surface area contributed by atoms with Gasteiger partial charge in [-0.2, -0.15) is 0 Å². The highest BCUT2D eigenvalue weighted by atomic mass is 32.2. The second-order valence-corrected chi connectivity index (χ2v) is 12.8. The SMILES string of the molecule is CN1CCN(C2=C(N(CCC3CC3)S(=O)(=O)c3ccccc3)S(=O)(=O)c3ccccc32)CC1. The Kier molecular flexibility index (Phi) is 5.74. The van der Waals surface area contributed by atoms with Crippen LogP contribution in [0.5, 0.6) is 0 Å². The molecule has 1 saturated heterocycles.